The number of nitrogens with zero attached hydrogens (tertiary/aromatic N) is 4. The zero-order valence-corrected chi connectivity index (χ0v) is 20.9. The summed E-state index contributed by atoms with van der Waals surface area (Å²) in [7, 11) is 3.53. The van der Waals surface area contributed by atoms with Crippen molar-refractivity contribution in [3.8, 4) is 5.75 Å². The van der Waals surface area contributed by atoms with Gasteiger partial charge in [-0.3, -0.25) is 19.9 Å². The standard InChI is InChI=1S/C28H30N6O2/c1-19-7-6-8-27(22-11-15-26(36-5)16-12-22)34(19)31-21(3)30-24-13-9-23(10-14-24)28(35)29-18-25-17-20(2)33(4)32-25/h6-17H,1,18H2,2-5H3,(H,29,35)(H,30,31). The number of aromatic nitrogens is 2. The van der Waals surface area contributed by atoms with Gasteiger partial charge in [-0.2, -0.15) is 5.10 Å². The molecule has 3 aromatic rings. The van der Waals surface area contributed by atoms with Crippen LogP contribution in [0.1, 0.15) is 34.2 Å². The molecular weight excluding hydrogens is 452 g/mol. The van der Waals surface area contributed by atoms with Gasteiger partial charge in [0.05, 0.1) is 36.4 Å². The number of allylic oxidation sites excluding steroid dienone is 3. The summed E-state index contributed by atoms with van der Waals surface area (Å²) in [5.41, 5.74) is 9.21. The number of aryl methyl sites for hydroxylation is 2. The van der Waals surface area contributed by atoms with Gasteiger partial charge in [-0.05, 0) is 80.6 Å². The SMILES string of the molecule is C=C1C=CC=C(c2ccc(OC)cc2)N1NC(C)=Nc1ccc(C(=O)NCc2cc(C)n(C)n2)cc1. The van der Waals surface area contributed by atoms with Gasteiger partial charge in [-0.15, -0.1) is 0 Å². The number of hydrogen-bond acceptors (Lipinski definition) is 5. The molecule has 8 nitrogen and oxygen atoms in total. The highest BCUT2D eigenvalue weighted by Gasteiger charge is 2.17. The number of amidine groups is 1. The Morgan fingerprint density at radius 2 is 1.86 bits per heavy atom. The second-order valence-electron chi connectivity index (χ2n) is 8.41. The van der Waals surface area contributed by atoms with E-state index in [2.05, 4.69) is 27.4 Å². The molecule has 2 heterocycles. The predicted molar refractivity (Wildman–Crippen MR) is 143 cm³/mol. The normalized spacial score (nSPS) is 13.4. The summed E-state index contributed by atoms with van der Waals surface area (Å²) in [6.07, 6.45) is 5.90. The summed E-state index contributed by atoms with van der Waals surface area (Å²) >= 11 is 0. The van der Waals surface area contributed by atoms with Crippen molar-refractivity contribution in [2.75, 3.05) is 7.11 Å². The van der Waals surface area contributed by atoms with Gasteiger partial charge in [0.1, 0.15) is 11.6 Å². The van der Waals surface area contributed by atoms with Gasteiger partial charge in [-0.25, -0.2) is 4.99 Å². The van der Waals surface area contributed by atoms with E-state index in [4.69, 9.17) is 4.74 Å². The lowest BCUT2D eigenvalue weighted by Crippen LogP contribution is -2.39. The van der Waals surface area contributed by atoms with E-state index in [1.54, 1.807) is 23.9 Å². The molecule has 2 N–H and O–H groups in total. The van der Waals surface area contributed by atoms with Crippen LogP contribution in [0.15, 0.2) is 90.1 Å². The number of ether oxygens (including phenoxy) is 1. The minimum absolute atomic E-state index is 0.158. The summed E-state index contributed by atoms with van der Waals surface area (Å²) in [5.74, 6) is 1.31. The minimum Gasteiger partial charge on any atom is -0.497 e. The van der Waals surface area contributed by atoms with Gasteiger partial charge in [0.25, 0.3) is 5.91 Å². The fourth-order valence-electron chi connectivity index (χ4n) is 3.74. The fraction of sp³-hybridized carbons (Fsp3) is 0.179. The van der Waals surface area contributed by atoms with Crippen LogP contribution in [0.25, 0.3) is 5.70 Å². The van der Waals surface area contributed by atoms with Crippen LogP contribution in [0.3, 0.4) is 0 Å². The summed E-state index contributed by atoms with van der Waals surface area (Å²) in [6, 6.07) is 16.9. The molecule has 2 aromatic carbocycles. The molecule has 0 saturated carbocycles. The van der Waals surface area contributed by atoms with Gasteiger partial charge in [0.15, 0.2) is 0 Å². The zero-order valence-electron chi connectivity index (χ0n) is 20.9. The van der Waals surface area contributed by atoms with Crippen LogP contribution < -0.4 is 15.5 Å². The van der Waals surface area contributed by atoms with E-state index in [1.165, 1.54) is 0 Å². The number of aliphatic imine (C=N–C) groups is 1. The van der Waals surface area contributed by atoms with Crippen molar-refractivity contribution in [2.45, 2.75) is 20.4 Å². The van der Waals surface area contributed by atoms with Gasteiger partial charge in [0, 0.05) is 23.9 Å². The third-order valence-corrected chi connectivity index (χ3v) is 5.75. The first-order valence-electron chi connectivity index (χ1n) is 11.6. The first kappa shape index (κ1) is 24.5. The lowest BCUT2D eigenvalue weighted by molar-refractivity contribution is 0.0950. The molecule has 184 valence electrons. The predicted octanol–water partition coefficient (Wildman–Crippen LogP) is 4.65. The zero-order chi connectivity index (χ0) is 25.7. The van der Waals surface area contributed by atoms with Crippen molar-refractivity contribution in [2.24, 2.45) is 12.0 Å². The lowest BCUT2D eigenvalue weighted by atomic mass is 10.1. The van der Waals surface area contributed by atoms with Crippen LogP contribution in [0, 0.1) is 6.92 Å². The molecule has 8 heteroatoms. The summed E-state index contributed by atoms with van der Waals surface area (Å²) in [6.45, 7) is 8.38. The molecular formula is C28H30N6O2. The first-order valence-corrected chi connectivity index (χ1v) is 11.6. The van der Waals surface area contributed by atoms with Crippen molar-refractivity contribution in [1.29, 1.82) is 0 Å². The number of hydrazine groups is 1. The van der Waals surface area contributed by atoms with Crippen LogP contribution in [0.5, 0.6) is 5.75 Å². The highest BCUT2D eigenvalue weighted by atomic mass is 16.5. The fourth-order valence-corrected chi connectivity index (χ4v) is 3.74. The van der Waals surface area contributed by atoms with Crippen LogP contribution in [-0.4, -0.2) is 33.6 Å². The smallest absolute Gasteiger partial charge is 0.251 e. The average molecular weight is 483 g/mol. The number of amides is 1. The van der Waals surface area contributed by atoms with Crippen molar-refractivity contribution in [3.05, 3.63) is 108 Å². The Labute approximate surface area is 211 Å². The van der Waals surface area contributed by atoms with E-state index in [9.17, 15) is 4.79 Å². The Kier molecular flexibility index (Phi) is 7.34. The molecule has 0 bridgehead atoms. The number of nitrogens with one attached hydrogen (secondary N) is 2. The summed E-state index contributed by atoms with van der Waals surface area (Å²) in [4.78, 5) is 17.2. The van der Waals surface area contributed by atoms with E-state index in [0.29, 0.717) is 17.9 Å². The highest BCUT2D eigenvalue weighted by molar-refractivity contribution is 5.94. The van der Waals surface area contributed by atoms with Gasteiger partial charge in [0.2, 0.25) is 0 Å². The highest BCUT2D eigenvalue weighted by Crippen LogP contribution is 2.27. The Balaban J connectivity index is 1.41. The number of carbonyl (C=O) groups is 1. The minimum atomic E-state index is -0.158. The molecule has 1 aromatic heterocycles. The van der Waals surface area contributed by atoms with E-state index in [-0.39, 0.29) is 5.91 Å². The second kappa shape index (κ2) is 10.8. The quantitative estimate of drug-likeness (QED) is 0.378. The van der Waals surface area contributed by atoms with Gasteiger partial charge in [-0.1, -0.05) is 12.7 Å². The molecule has 0 unspecified atom stereocenters. The molecule has 1 amide bonds. The van der Waals surface area contributed by atoms with E-state index in [1.807, 2.05) is 86.6 Å². The molecule has 0 radical (unpaired) electrons. The van der Waals surface area contributed by atoms with Crippen molar-refractivity contribution in [1.82, 2.24) is 25.5 Å². The Morgan fingerprint density at radius 1 is 1.14 bits per heavy atom. The molecule has 1 aliphatic heterocycles. The second-order valence-corrected chi connectivity index (χ2v) is 8.41. The number of methoxy groups -OCH3 is 1. The Bertz CT molecular complexity index is 1330. The average Bonchev–Trinajstić information content (AvgIpc) is 3.21. The maximum Gasteiger partial charge on any atom is 0.251 e. The van der Waals surface area contributed by atoms with E-state index >= 15 is 0 Å². The summed E-state index contributed by atoms with van der Waals surface area (Å²) < 4.78 is 7.06. The number of rotatable bonds is 7. The number of benzene rings is 2. The number of hydrogen-bond donors (Lipinski definition) is 2. The molecule has 0 spiro atoms. The van der Waals surface area contributed by atoms with E-state index in [0.717, 1.165) is 39.8 Å². The van der Waals surface area contributed by atoms with Crippen molar-refractivity contribution >= 4 is 23.1 Å². The molecule has 1 aliphatic rings. The van der Waals surface area contributed by atoms with E-state index < -0.39 is 0 Å². The van der Waals surface area contributed by atoms with Crippen LogP contribution >= 0.6 is 0 Å². The molecule has 0 atom stereocenters. The lowest BCUT2D eigenvalue weighted by Gasteiger charge is -2.31. The molecule has 4 rings (SSSR count). The maximum absolute atomic E-state index is 12.5. The topological polar surface area (TPSA) is 83.8 Å². The summed E-state index contributed by atoms with van der Waals surface area (Å²) in [5, 5.41) is 9.16. The molecule has 36 heavy (non-hydrogen) atoms. The molecule has 0 aliphatic carbocycles. The van der Waals surface area contributed by atoms with Crippen LogP contribution in [0.2, 0.25) is 0 Å². The third kappa shape index (κ3) is 5.72. The third-order valence-electron chi connectivity index (χ3n) is 5.75. The Morgan fingerprint density at radius 3 is 2.50 bits per heavy atom. The maximum atomic E-state index is 12.5. The Hall–Kier alpha value is -4.59. The van der Waals surface area contributed by atoms with Crippen molar-refractivity contribution in [3.63, 3.8) is 0 Å². The van der Waals surface area contributed by atoms with Gasteiger partial charge < -0.3 is 10.1 Å². The largest absolute Gasteiger partial charge is 0.497 e. The van der Waals surface area contributed by atoms with Crippen LogP contribution in [-0.2, 0) is 13.6 Å². The number of carbonyl (C=O) groups excluding carboxylic acids is 1. The van der Waals surface area contributed by atoms with Gasteiger partial charge >= 0.3 is 0 Å². The molecule has 0 fully saturated rings. The molecule has 0 saturated heterocycles. The monoisotopic (exact) mass is 482 g/mol. The van der Waals surface area contributed by atoms with Crippen LogP contribution in [0.4, 0.5) is 5.69 Å². The first-order chi connectivity index (χ1) is 17.3. The van der Waals surface area contributed by atoms with Crippen molar-refractivity contribution < 1.29 is 9.53 Å².